The second kappa shape index (κ2) is 27.0. The molecule has 26 heteroatoms. The summed E-state index contributed by atoms with van der Waals surface area (Å²) < 4.78 is 355. The van der Waals surface area contributed by atoms with E-state index in [1.807, 2.05) is 0 Å². The van der Waals surface area contributed by atoms with Gasteiger partial charge in [0.1, 0.15) is 23.3 Å². The second-order valence-electron chi connectivity index (χ2n) is 23.2. The van der Waals surface area contributed by atoms with Crippen LogP contribution in [-0.2, 0) is 0 Å². The minimum Gasteiger partial charge on any atom is -0.297 e. The van der Waals surface area contributed by atoms with Gasteiger partial charge in [0.25, 0.3) is 0 Å². The molecule has 7 atom stereocenters. The number of halogens is 24. The Morgan fingerprint density at radius 3 is 1.03 bits per heavy atom. The van der Waals surface area contributed by atoms with Crippen LogP contribution in [0, 0.1) is 112 Å². The van der Waals surface area contributed by atoms with Crippen LogP contribution in [0.25, 0.3) is 23.3 Å². The van der Waals surface area contributed by atoms with Crippen LogP contribution in [0.2, 0.25) is 0 Å². The van der Waals surface area contributed by atoms with Gasteiger partial charge in [-0.05, 0) is 62.8 Å². The van der Waals surface area contributed by atoms with E-state index in [0.29, 0.717) is 23.9 Å². The average Bonchev–Trinajstić information content (AvgIpc) is 1.52. The van der Waals surface area contributed by atoms with E-state index in [4.69, 9.17) is 0 Å². The fourth-order valence-corrected chi connectivity index (χ4v) is 22.5. The molecule has 4 aliphatic carbocycles. The van der Waals surface area contributed by atoms with Crippen LogP contribution in [0.15, 0.2) is 47.6 Å². The van der Waals surface area contributed by atoms with Gasteiger partial charge in [-0.1, -0.05) is 120 Å². The fraction of sp³-hybridized carbons (Fsp3) is 0.397. The maximum atomic E-state index is 17.0. The van der Waals surface area contributed by atoms with Gasteiger partial charge < -0.3 is 0 Å². The summed E-state index contributed by atoms with van der Waals surface area (Å²) in [4.78, 5) is 0.603. The van der Waals surface area contributed by atoms with Crippen molar-refractivity contribution in [3.05, 3.63) is 191 Å². The highest BCUT2D eigenvalue weighted by Crippen LogP contribution is 2.71. The van der Waals surface area contributed by atoms with Gasteiger partial charge in [-0.3, -0.25) is 4.90 Å². The summed E-state index contributed by atoms with van der Waals surface area (Å²) in [7, 11) is 0. The highest BCUT2D eigenvalue weighted by atomic mass is 27.2. The quantitative estimate of drug-likeness (QED) is 0.0246. The number of rotatable bonds is 21. The minimum atomic E-state index is -7.79. The van der Waals surface area contributed by atoms with E-state index < -0.39 is 222 Å². The van der Waals surface area contributed by atoms with Crippen LogP contribution in [0.3, 0.4) is 0 Å². The van der Waals surface area contributed by atoms with Gasteiger partial charge in [0.05, 0.1) is 35.3 Å². The van der Waals surface area contributed by atoms with E-state index in [2.05, 4.69) is 27.7 Å². The zero-order chi connectivity index (χ0) is 65.9. The molecule has 0 spiro atoms. The lowest BCUT2D eigenvalue weighted by molar-refractivity contribution is -0.839. The van der Waals surface area contributed by atoms with Crippen LogP contribution in [0.4, 0.5) is 111 Å². The lowest BCUT2D eigenvalue weighted by atomic mass is 9.91. The van der Waals surface area contributed by atoms with Gasteiger partial charge in [0, 0.05) is 11.5 Å². The molecule has 0 heterocycles. The topological polar surface area (TPSA) is 4.44 Å². The second-order valence-corrected chi connectivity index (χ2v) is 28.2. The van der Waals surface area contributed by atoms with E-state index in [-0.39, 0.29) is 35.9 Å². The Morgan fingerprint density at radius 1 is 0.371 bits per heavy atom. The number of benzene rings is 5. The van der Waals surface area contributed by atoms with Gasteiger partial charge >= 0.3 is 0 Å². The summed E-state index contributed by atoms with van der Waals surface area (Å²) in [6.07, 6.45) is 13.3. The van der Waals surface area contributed by atoms with E-state index in [9.17, 15) is 35.1 Å². The Bertz CT molecular complexity index is 3370. The summed E-state index contributed by atoms with van der Waals surface area (Å²) in [5, 5.41) is 0. The first-order valence-electron chi connectivity index (χ1n) is 28.7. The Balaban J connectivity index is 0.000000273. The Kier molecular flexibility index (Phi) is 20.9. The molecule has 9 rings (SSSR count). The van der Waals surface area contributed by atoms with Gasteiger partial charge in [-0.2, -0.15) is 8.78 Å². The molecule has 1 N–H and O–H groups in total. The molecule has 7 unspecified atom stereocenters. The number of unbranched alkanes of at least 4 members (excludes halogenated alkanes) is 6. The smallest absolute Gasteiger partial charge is 0.225 e. The van der Waals surface area contributed by atoms with Crippen molar-refractivity contribution in [1.29, 1.82) is 0 Å². The molecule has 0 aromatic heterocycles. The third kappa shape index (κ3) is 11.5. The van der Waals surface area contributed by atoms with Crippen molar-refractivity contribution in [1.82, 2.24) is 0 Å². The fourth-order valence-electron chi connectivity index (χ4n) is 14.0. The maximum absolute atomic E-state index is 17.0. The SMILES string of the molecule is CCCCCCCCC[NH+](CC(C)CCC(CC)CCC)c1c(F)c(C)c(F)c(F)c1F.FC1=C(F)[CH]([Al-]([CH]2C(F)=C(F)c3c2cc(F)c(F)c3F)([CH]2C(F)=C(F)c3c2cc(F)c(F)c3F)[CH]2C(F)=C(F)c3c2cc(F)c(F)c3F)c2cc(F)c(F)c(F)c21. The number of allylic oxidation sites excluding steroid dienone is 4. The largest absolute Gasteiger partial charge is 0.297 e. The molecule has 5 aromatic carbocycles. The molecule has 0 saturated heterocycles. The van der Waals surface area contributed by atoms with E-state index in [1.54, 1.807) is 0 Å². The Morgan fingerprint density at radius 2 is 0.708 bits per heavy atom. The summed E-state index contributed by atoms with van der Waals surface area (Å²) in [6.45, 7) is 10.9. The molecular formula is C63H54AlF24N. The molecule has 0 amide bonds. The number of hydrogen-bond acceptors (Lipinski definition) is 0. The summed E-state index contributed by atoms with van der Waals surface area (Å²) >= 11 is -7.79. The van der Waals surface area contributed by atoms with Crippen molar-refractivity contribution in [2.75, 3.05) is 13.1 Å². The standard InChI is InChI=1S/C27H45F4N.4C9H2F5.Al/c1-6-9-10-11-12-13-14-18-32(19-20(4)16-17-22(8-3)15-7-2)27-24(29)21(5)23(28)25(30)26(27)31;4*10-4-1-3-2-5(11)8(13)9(14)6(3)7(4)12;/h20,22H,6-19H2,1-5H3;4*1-2H;/q;;;;;-1/p+1. The number of fused-ring (bicyclic) bond motifs is 4. The van der Waals surface area contributed by atoms with Crippen molar-refractivity contribution in [2.45, 2.75) is 131 Å². The molecule has 89 heavy (non-hydrogen) atoms. The van der Waals surface area contributed by atoms with Crippen LogP contribution in [0.5, 0.6) is 0 Å². The highest BCUT2D eigenvalue weighted by Gasteiger charge is 2.68. The van der Waals surface area contributed by atoms with Gasteiger partial charge in [0.2, 0.25) is 30.4 Å². The van der Waals surface area contributed by atoms with Crippen molar-refractivity contribution in [2.24, 2.45) is 11.8 Å². The van der Waals surface area contributed by atoms with E-state index in [0.717, 1.165) is 44.9 Å². The number of quaternary nitrogens is 1. The first-order chi connectivity index (χ1) is 41.9. The van der Waals surface area contributed by atoms with Gasteiger partial charge in [0.15, 0.2) is 105 Å². The van der Waals surface area contributed by atoms with Crippen molar-refractivity contribution < 1.29 is 110 Å². The maximum Gasteiger partial charge on any atom is 0.225 e. The lowest BCUT2D eigenvalue weighted by Gasteiger charge is -2.54. The predicted molar refractivity (Wildman–Crippen MR) is 285 cm³/mol. The number of nitrogens with one attached hydrogen (secondary N) is 1. The highest BCUT2D eigenvalue weighted by molar-refractivity contribution is 6.88. The summed E-state index contributed by atoms with van der Waals surface area (Å²) in [6, 6.07) is -1.40. The molecule has 482 valence electrons. The molecule has 0 radical (unpaired) electrons. The minimum absolute atomic E-state index is 0.243. The molecular weight excluding hydrogens is 1250 g/mol. The van der Waals surface area contributed by atoms with Crippen molar-refractivity contribution in [3.8, 4) is 0 Å². The first-order valence-corrected chi connectivity index (χ1v) is 31.4. The predicted octanol–water partition coefficient (Wildman–Crippen LogP) is 20.9. The molecule has 0 fully saturated rings. The lowest BCUT2D eigenvalue weighted by Crippen LogP contribution is -3.08. The zero-order valence-corrected chi connectivity index (χ0v) is 49.0. The average molecular weight is 1310 g/mol. The Labute approximate surface area is 497 Å². The third-order valence-electron chi connectivity index (χ3n) is 18.1. The summed E-state index contributed by atoms with van der Waals surface area (Å²) in [5.74, 6) is -57.0. The van der Waals surface area contributed by atoms with E-state index >= 15 is 70.2 Å². The summed E-state index contributed by atoms with van der Waals surface area (Å²) in [5.41, 5.74) is -16.0. The van der Waals surface area contributed by atoms with Crippen LogP contribution in [-0.4, -0.2) is 26.2 Å². The van der Waals surface area contributed by atoms with Crippen molar-refractivity contribution in [3.63, 3.8) is 0 Å². The molecule has 5 aromatic rings. The Hall–Kier alpha value is -6.13. The first kappa shape index (κ1) is 68.8. The molecule has 0 aliphatic heterocycles. The molecule has 0 bridgehead atoms. The third-order valence-corrected chi connectivity index (χ3v) is 25.3. The molecule has 0 saturated carbocycles. The van der Waals surface area contributed by atoms with Crippen molar-refractivity contribution >= 4 is 42.1 Å². The normalized spacial score (nSPS) is 19.5. The van der Waals surface area contributed by atoms with Gasteiger partial charge in [-0.25, -0.2) is 96.6 Å². The van der Waals surface area contributed by atoms with Gasteiger partial charge in [-0.15, -0.1) is 0 Å². The molecule has 4 aliphatic rings. The molecule has 1 nitrogen and oxygen atoms in total. The number of hydrogen-bond donors (Lipinski definition) is 1. The van der Waals surface area contributed by atoms with E-state index in [1.165, 1.54) is 39.0 Å². The zero-order valence-electron chi connectivity index (χ0n) is 47.8. The monoisotopic (exact) mass is 1310 g/mol. The van der Waals surface area contributed by atoms with Crippen LogP contribution in [0.1, 0.15) is 174 Å². The van der Waals surface area contributed by atoms with Crippen LogP contribution >= 0.6 is 0 Å². The van der Waals surface area contributed by atoms with Crippen LogP contribution < -0.4 is 4.90 Å².